The van der Waals surface area contributed by atoms with Crippen LogP contribution in [-0.4, -0.2) is 17.4 Å². The number of aliphatic hydroxyl groups is 1. The van der Waals surface area contributed by atoms with Gasteiger partial charge in [0.1, 0.15) is 0 Å². The quantitative estimate of drug-likeness (QED) is 0.138. The smallest absolute Gasteiger partial charge is 0.388 e. The molecule has 3 saturated carbocycles. The Bertz CT molecular complexity index is 1200. The molecule has 12 unspecified atom stereocenters. The molecule has 4 heteroatoms. The lowest BCUT2D eigenvalue weighted by Crippen LogP contribution is -2.45. The first-order valence-corrected chi connectivity index (χ1v) is 20.3. The molecule has 3 fully saturated rings. The average molecular weight is 683 g/mol. The van der Waals surface area contributed by atoms with Crippen LogP contribution in [0.1, 0.15) is 144 Å². The lowest BCUT2D eigenvalue weighted by atomic mass is 9.61. The van der Waals surface area contributed by atoms with Crippen molar-refractivity contribution in [2.45, 2.75) is 156 Å². The molecule has 4 aliphatic carbocycles. The van der Waals surface area contributed by atoms with Crippen molar-refractivity contribution in [2.24, 2.45) is 65.1 Å². The van der Waals surface area contributed by atoms with Gasteiger partial charge in [0.2, 0.25) is 0 Å². The van der Waals surface area contributed by atoms with Crippen LogP contribution in [0.3, 0.4) is 0 Å². The number of alkyl halides is 3. The summed E-state index contributed by atoms with van der Waals surface area (Å²) in [6, 6.07) is 0. The fourth-order valence-electron chi connectivity index (χ4n) is 10.5. The van der Waals surface area contributed by atoms with Gasteiger partial charge in [-0.05, 0) is 150 Å². The van der Waals surface area contributed by atoms with Crippen LogP contribution in [0.2, 0.25) is 0 Å². The third kappa shape index (κ3) is 10.7. The topological polar surface area (TPSA) is 20.2 Å². The second-order valence-electron chi connectivity index (χ2n) is 17.0. The lowest BCUT2D eigenvalue weighted by molar-refractivity contribution is -0.214. The van der Waals surface area contributed by atoms with E-state index in [1.807, 2.05) is 6.08 Å². The van der Waals surface area contributed by atoms with Crippen molar-refractivity contribution in [1.29, 1.82) is 0 Å². The van der Waals surface area contributed by atoms with Gasteiger partial charge in [-0.1, -0.05) is 94.8 Å². The molecule has 12 atom stereocenters. The molecular formula is C45H69F3O. The highest BCUT2D eigenvalue weighted by molar-refractivity contribution is 5.24. The molecule has 0 aromatic heterocycles. The van der Waals surface area contributed by atoms with Crippen LogP contribution in [0.5, 0.6) is 0 Å². The summed E-state index contributed by atoms with van der Waals surface area (Å²) in [6.07, 6.45) is 18.7. The Morgan fingerprint density at radius 1 is 1.00 bits per heavy atom. The predicted octanol–water partition coefficient (Wildman–Crippen LogP) is 13.1. The summed E-state index contributed by atoms with van der Waals surface area (Å²) in [5, 5.41) is 11.9. The van der Waals surface area contributed by atoms with E-state index < -0.39 is 30.0 Å². The van der Waals surface area contributed by atoms with E-state index in [9.17, 15) is 18.3 Å². The standard InChI is InChI=1S/C45H69F3O/c1-8-10-17-37-18-12-11-13-19-41(37)31(4)21-24-39-29-40(28-36(9-2)32(39)5)44(49)34(7)42-27-26-38(43(33(42)6)45(46,47)48)25-23-35-16-14-15-30(3)20-22-35/h8,19,23,30-33,36-40,42-44,49H,1,7,9-18,20,22,25-29H2,2-6H3. The maximum atomic E-state index is 14.8. The normalized spacial score (nSPS) is 36.8. The summed E-state index contributed by atoms with van der Waals surface area (Å²) in [5.74, 6) is 7.23. The Labute approximate surface area is 298 Å². The third-order valence-electron chi connectivity index (χ3n) is 13.7. The van der Waals surface area contributed by atoms with Crippen LogP contribution >= 0.6 is 0 Å². The van der Waals surface area contributed by atoms with Gasteiger partial charge in [-0.15, -0.1) is 6.58 Å². The van der Waals surface area contributed by atoms with Crippen LogP contribution in [0.25, 0.3) is 0 Å². The molecule has 0 aromatic carbocycles. The van der Waals surface area contributed by atoms with Crippen molar-refractivity contribution in [3.05, 3.63) is 48.1 Å². The second-order valence-corrected chi connectivity index (χ2v) is 17.0. The maximum Gasteiger partial charge on any atom is 0.392 e. The minimum absolute atomic E-state index is 0.0164. The number of hydrogen-bond acceptors (Lipinski definition) is 1. The highest BCUT2D eigenvalue weighted by atomic mass is 19.4. The van der Waals surface area contributed by atoms with Crippen molar-refractivity contribution in [2.75, 3.05) is 0 Å². The van der Waals surface area contributed by atoms with Crippen molar-refractivity contribution < 1.29 is 18.3 Å². The van der Waals surface area contributed by atoms with Crippen LogP contribution in [-0.2, 0) is 0 Å². The molecule has 0 heterocycles. The first-order chi connectivity index (χ1) is 23.3. The molecule has 0 aromatic rings. The first-order valence-electron chi connectivity index (χ1n) is 20.3. The van der Waals surface area contributed by atoms with Gasteiger partial charge in [-0.3, -0.25) is 0 Å². The van der Waals surface area contributed by atoms with Gasteiger partial charge in [-0.2, -0.15) is 13.2 Å². The Hall–Kier alpha value is -1.73. The van der Waals surface area contributed by atoms with Crippen molar-refractivity contribution in [1.82, 2.24) is 0 Å². The molecule has 0 amide bonds. The minimum Gasteiger partial charge on any atom is -0.388 e. The molecule has 0 aliphatic heterocycles. The van der Waals surface area contributed by atoms with Crippen molar-refractivity contribution in [3.8, 4) is 11.8 Å². The number of halogens is 3. The van der Waals surface area contributed by atoms with Gasteiger partial charge in [-0.25, -0.2) is 0 Å². The molecule has 4 aliphatic rings. The SMILES string of the molecule is C=CCCC1CCCCC=C1C(C)C#CC1CC(C(O)C(=C)C2CCC(CC=C3CCCC(C)CC3)C(C(F)(F)F)C2C)CC(CC)C1C. The van der Waals surface area contributed by atoms with Gasteiger partial charge < -0.3 is 5.11 Å². The molecule has 0 spiro atoms. The van der Waals surface area contributed by atoms with Crippen LogP contribution in [0.4, 0.5) is 13.2 Å². The van der Waals surface area contributed by atoms with Crippen molar-refractivity contribution >= 4 is 0 Å². The fourth-order valence-corrected chi connectivity index (χ4v) is 10.5. The molecular weight excluding hydrogens is 613 g/mol. The average Bonchev–Trinajstić information content (AvgIpc) is 3.44. The molecule has 4 rings (SSSR count). The summed E-state index contributed by atoms with van der Waals surface area (Å²) < 4.78 is 44.3. The highest BCUT2D eigenvalue weighted by Gasteiger charge is 2.52. The Morgan fingerprint density at radius 3 is 2.49 bits per heavy atom. The zero-order chi connectivity index (χ0) is 35.7. The molecule has 1 nitrogen and oxygen atoms in total. The summed E-state index contributed by atoms with van der Waals surface area (Å²) in [5.41, 5.74) is 3.50. The van der Waals surface area contributed by atoms with Crippen molar-refractivity contribution in [3.63, 3.8) is 0 Å². The van der Waals surface area contributed by atoms with E-state index in [1.54, 1.807) is 6.92 Å². The zero-order valence-electron chi connectivity index (χ0n) is 31.7. The second kappa shape index (κ2) is 18.7. The number of aliphatic hydroxyl groups excluding tert-OH is 1. The molecule has 49 heavy (non-hydrogen) atoms. The summed E-state index contributed by atoms with van der Waals surface area (Å²) in [4.78, 5) is 0. The maximum absolute atomic E-state index is 14.8. The molecule has 1 N–H and O–H groups in total. The molecule has 276 valence electrons. The van der Waals surface area contributed by atoms with Gasteiger partial charge >= 0.3 is 6.18 Å². The van der Waals surface area contributed by atoms with Crippen LogP contribution < -0.4 is 0 Å². The molecule has 0 bridgehead atoms. The Balaban J connectivity index is 1.46. The summed E-state index contributed by atoms with van der Waals surface area (Å²) >= 11 is 0. The van der Waals surface area contributed by atoms with Crippen LogP contribution in [0.15, 0.2) is 48.1 Å². The van der Waals surface area contributed by atoms with Crippen LogP contribution in [0, 0.1) is 76.9 Å². The third-order valence-corrected chi connectivity index (χ3v) is 13.7. The van der Waals surface area contributed by atoms with E-state index in [4.69, 9.17) is 0 Å². The fraction of sp³-hybridized carbons (Fsp3) is 0.778. The van der Waals surface area contributed by atoms with E-state index in [1.165, 1.54) is 36.8 Å². The van der Waals surface area contributed by atoms with E-state index in [0.717, 1.165) is 64.2 Å². The summed E-state index contributed by atoms with van der Waals surface area (Å²) in [7, 11) is 0. The number of rotatable bonds is 10. The molecule has 0 radical (unpaired) electrons. The van der Waals surface area contributed by atoms with E-state index in [2.05, 4.69) is 64.8 Å². The highest BCUT2D eigenvalue weighted by Crippen LogP contribution is 2.52. The Morgan fingerprint density at radius 2 is 1.78 bits per heavy atom. The number of hydrogen-bond donors (Lipinski definition) is 1. The largest absolute Gasteiger partial charge is 0.392 e. The monoisotopic (exact) mass is 683 g/mol. The number of allylic oxidation sites excluding steroid dienone is 5. The van der Waals surface area contributed by atoms with Gasteiger partial charge in [0.25, 0.3) is 0 Å². The van der Waals surface area contributed by atoms with Gasteiger partial charge in [0, 0.05) is 11.8 Å². The lowest BCUT2D eigenvalue weighted by Gasteiger charge is -2.46. The van der Waals surface area contributed by atoms with E-state index >= 15 is 0 Å². The van der Waals surface area contributed by atoms with E-state index in [0.29, 0.717) is 48.5 Å². The van der Waals surface area contributed by atoms with Gasteiger partial charge in [0.05, 0.1) is 12.0 Å². The van der Waals surface area contributed by atoms with Gasteiger partial charge in [0.15, 0.2) is 0 Å². The first kappa shape index (κ1) is 40.0. The molecule has 0 saturated heterocycles. The van der Waals surface area contributed by atoms with E-state index in [-0.39, 0.29) is 23.7 Å². The zero-order valence-corrected chi connectivity index (χ0v) is 31.7. The Kier molecular flexibility index (Phi) is 15.3. The summed E-state index contributed by atoms with van der Waals surface area (Å²) in [6.45, 7) is 19.2. The predicted molar refractivity (Wildman–Crippen MR) is 201 cm³/mol. The minimum atomic E-state index is -4.26.